The summed E-state index contributed by atoms with van der Waals surface area (Å²) in [7, 11) is 0. The van der Waals surface area contributed by atoms with Crippen molar-refractivity contribution in [2.75, 3.05) is 13.1 Å². The Morgan fingerprint density at radius 3 is 2.84 bits per heavy atom. The van der Waals surface area contributed by atoms with E-state index in [0.29, 0.717) is 25.1 Å². The van der Waals surface area contributed by atoms with Gasteiger partial charge in [0.05, 0.1) is 11.5 Å². The van der Waals surface area contributed by atoms with E-state index in [1.807, 2.05) is 25.1 Å². The number of carboxylic acids is 1. The lowest BCUT2D eigenvalue weighted by molar-refractivity contribution is -0.143. The quantitative estimate of drug-likeness (QED) is 0.811. The van der Waals surface area contributed by atoms with Crippen molar-refractivity contribution in [2.45, 2.75) is 19.8 Å². The number of nitrogens with zero attached hydrogens (tertiary/aromatic N) is 1. The van der Waals surface area contributed by atoms with Crippen LogP contribution >= 0.6 is 22.6 Å². The minimum absolute atomic E-state index is 0.0564. The number of benzene rings is 1. The van der Waals surface area contributed by atoms with Crippen LogP contribution in [0.3, 0.4) is 0 Å². The highest BCUT2D eigenvalue weighted by molar-refractivity contribution is 14.1. The van der Waals surface area contributed by atoms with Crippen LogP contribution in [0.2, 0.25) is 0 Å². The van der Waals surface area contributed by atoms with Crippen LogP contribution < -0.4 is 0 Å². The highest BCUT2D eigenvalue weighted by Gasteiger charge is 2.29. The largest absolute Gasteiger partial charge is 0.481 e. The number of likely N-dealkylation sites (tertiary alicyclic amines) is 1. The van der Waals surface area contributed by atoms with E-state index in [4.69, 9.17) is 5.11 Å². The second-order valence-corrected chi connectivity index (χ2v) is 5.94. The molecule has 1 amide bonds. The van der Waals surface area contributed by atoms with Gasteiger partial charge in [-0.15, -0.1) is 0 Å². The van der Waals surface area contributed by atoms with Crippen molar-refractivity contribution < 1.29 is 14.7 Å². The molecule has 0 aromatic heterocycles. The van der Waals surface area contributed by atoms with E-state index in [9.17, 15) is 9.59 Å². The fourth-order valence-corrected chi connectivity index (χ4v) is 2.94. The molecule has 1 aromatic rings. The Bertz CT molecular complexity index is 515. The average molecular weight is 373 g/mol. The van der Waals surface area contributed by atoms with Gasteiger partial charge < -0.3 is 10.0 Å². The average Bonchev–Trinajstić information content (AvgIpc) is 2.41. The zero-order valence-corrected chi connectivity index (χ0v) is 12.9. The van der Waals surface area contributed by atoms with E-state index in [1.54, 1.807) is 4.90 Å². The third-order valence-electron chi connectivity index (χ3n) is 3.48. The Morgan fingerprint density at radius 2 is 2.16 bits per heavy atom. The molecule has 1 aliphatic heterocycles. The fourth-order valence-electron chi connectivity index (χ4n) is 2.35. The van der Waals surface area contributed by atoms with Crippen molar-refractivity contribution >= 4 is 34.5 Å². The number of hydrogen-bond donors (Lipinski definition) is 1. The first kappa shape index (κ1) is 14.3. The maximum atomic E-state index is 12.5. The Kier molecular flexibility index (Phi) is 4.44. The fraction of sp³-hybridized carbons (Fsp3) is 0.429. The smallest absolute Gasteiger partial charge is 0.308 e. The SMILES string of the molecule is Cc1cccc(C(=O)N2CCC[C@@H](C(=O)O)C2)c1I. The Morgan fingerprint density at radius 1 is 1.42 bits per heavy atom. The summed E-state index contributed by atoms with van der Waals surface area (Å²) in [5, 5.41) is 9.07. The molecule has 1 aromatic carbocycles. The summed E-state index contributed by atoms with van der Waals surface area (Å²) >= 11 is 2.17. The predicted molar refractivity (Wildman–Crippen MR) is 80.2 cm³/mol. The molecule has 0 radical (unpaired) electrons. The molecule has 1 aliphatic rings. The summed E-state index contributed by atoms with van der Waals surface area (Å²) in [5.74, 6) is -1.30. The molecule has 1 fully saturated rings. The summed E-state index contributed by atoms with van der Waals surface area (Å²) in [6.45, 7) is 2.93. The molecule has 4 nitrogen and oxygen atoms in total. The minimum Gasteiger partial charge on any atom is -0.481 e. The minimum atomic E-state index is -0.809. The van der Waals surface area contributed by atoms with Gasteiger partial charge in [0.2, 0.25) is 0 Å². The van der Waals surface area contributed by atoms with Crippen molar-refractivity contribution in [1.82, 2.24) is 4.90 Å². The van der Waals surface area contributed by atoms with Crippen LogP contribution in [0.15, 0.2) is 18.2 Å². The van der Waals surface area contributed by atoms with E-state index in [2.05, 4.69) is 22.6 Å². The van der Waals surface area contributed by atoms with Gasteiger partial charge in [-0.1, -0.05) is 12.1 Å². The molecule has 0 bridgehead atoms. The van der Waals surface area contributed by atoms with Crippen molar-refractivity contribution in [3.05, 3.63) is 32.9 Å². The van der Waals surface area contributed by atoms with Crippen LogP contribution in [0.5, 0.6) is 0 Å². The monoisotopic (exact) mass is 373 g/mol. The van der Waals surface area contributed by atoms with Gasteiger partial charge in [0, 0.05) is 16.7 Å². The number of aliphatic carboxylic acids is 1. The molecule has 1 heterocycles. The van der Waals surface area contributed by atoms with Crippen LogP contribution in [-0.2, 0) is 4.79 Å². The number of rotatable bonds is 2. The first-order chi connectivity index (χ1) is 9.00. The molecule has 0 spiro atoms. The third kappa shape index (κ3) is 3.08. The van der Waals surface area contributed by atoms with Gasteiger partial charge in [-0.2, -0.15) is 0 Å². The van der Waals surface area contributed by atoms with Crippen LogP contribution in [0, 0.1) is 16.4 Å². The molecular formula is C14H16INO3. The van der Waals surface area contributed by atoms with E-state index in [1.165, 1.54) is 0 Å². The van der Waals surface area contributed by atoms with Gasteiger partial charge >= 0.3 is 5.97 Å². The van der Waals surface area contributed by atoms with E-state index in [0.717, 1.165) is 15.6 Å². The molecule has 1 N–H and O–H groups in total. The molecule has 102 valence electrons. The Hall–Kier alpha value is -1.11. The standard InChI is InChI=1S/C14H16INO3/c1-9-4-2-6-11(12(9)15)13(17)16-7-3-5-10(8-16)14(18)19/h2,4,6,10H,3,5,7-8H2,1H3,(H,18,19)/t10-/m1/s1. The zero-order valence-electron chi connectivity index (χ0n) is 10.7. The topological polar surface area (TPSA) is 57.6 Å². The van der Waals surface area contributed by atoms with Crippen LogP contribution in [0.1, 0.15) is 28.8 Å². The molecule has 1 atom stereocenters. The summed E-state index contributed by atoms with van der Waals surface area (Å²) in [5.41, 5.74) is 1.74. The number of carboxylic acid groups (broad SMARTS) is 1. The number of carbonyl (C=O) groups is 2. The summed E-state index contributed by atoms with van der Waals surface area (Å²) in [6.07, 6.45) is 1.41. The first-order valence-corrected chi connectivity index (χ1v) is 7.35. The van der Waals surface area contributed by atoms with Crippen LogP contribution in [-0.4, -0.2) is 35.0 Å². The number of piperidine rings is 1. The molecular weight excluding hydrogens is 357 g/mol. The second-order valence-electron chi connectivity index (χ2n) is 4.87. The number of halogens is 1. The number of carbonyl (C=O) groups excluding carboxylic acids is 1. The maximum Gasteiger partial charge on any atom is 0.308 e. The van der Waals surface area contributed by atoms with Gasteiger partial charge in [-0.05, 0) is 54.0 Å². The third-order valence-corrected chi connectivity index (χ3v) is 4.91. The van der Waals surface area contributed by atoms with Gasteiger partial charge in [-0.25, -0.2) is 0 Å². The van der Waals surface area contributed by atoms with Crippen molar-refractivity contribution in [1.29, 1.82) is 0 Å². The maximum absolute atomic E-state index is 12.5. The molecule has 2 rings (SSSR count). The molecule has 0 saturated carbocycles. The highest BCUT2D eigenvalue weighted by atomic mass is 127. The molecule has 19 heavy (non-hydrogen) atoms. The normalized spacial score (nSPS) is 19.3. The van der Waals surface area contributed by atoms with Crippen LogP contribution in [0.25, 0.3) is 0 Å². The van der Waals surface area contributed by atoms with Gasteiger partial charge in [0.25, 0.3) is 5.91 Å². The zero-order chi connectivity index (χ0) is 14.0. The number of aryl methyl sites for hydroxylation is 1. The van der Waals surface area contributed by atoms with Crippen molar-refractivity contribution in [3.8, 4) is 0 Å². The lowest BCUT2D eigenvalue weighted by atomic mass is 9.97. The van der Waals surface area contributed by atoms with E-state index >= 15 is 0 Å². The van der Waals surface area contributed by atoms with Gasteiger partial charge in [0.1, 0.15) is 0 Å². The first-order valence-electron chi connectivity index (χ1n) is 6.28. The van der Waals surface area contributed by atoms with Gasteiger partial charge in [-0.3, -0.25) is 9.59 Å². The summed E-state index contributed by atoms with van der Waals surface area (Å²) in [4.78, 5) is 25.2. The summed E-state index contributed by atoms with van der Waals surface area (Å²) in [6, 6.07) is 5.64. The Labute approximate surface area is 125 Å². The highest BCUT2D eigenvalue weighted by Crippen LogP contribution is 2.22. The van der Waals surface area contributed by atoms with E-state index < -0.39 is 11.9 Å². The number of hydrogen-bond acceptors (Lipinski definition) is 2. The summed E-state index contributed by atoms with van der Waals surface area (Å²) < 4.78 is 0.947. The lowest BCUT2D eigenvalue weighted by Gasteiger charge is -2.31. The van der Waals surface area contributed by atoms with Crippen molar-refractivity contribution in [3.63, 3.8) is 0 Å². The molecule has 0 unspecified atom stereocenters. The Balaban J connectivity index is 2.19. The molecule has 0 aliphatic carbocycles. The predicted octanol–water partition coefficient (Wildman–Crippen LogP) is 2.54. The molecule has 5 heteroatoms. The van der Waals surface area contributed by atoms with Crippen molar-refractivity contribution in [2.24, 2.45) is 5.92 Å². The second kappa shape index (κ2) is 5.90. The van der Waals surface area contributed by atoms with Crippen LogP contribution in [0.4, 0.5) is 0 Å². The lowest BCUT2D eigenvalue weighted by Crippen LogP contribution is -2.42. The van der Waals surface area contributed by atoms with E-state index in [-0.39, 0.29) is 5.91 Å². The molecule has 1 saturated heterocycles. The van der Waals surface area contributed by atoms with Gasteiger partial charge in [0.15, 0.2) is 0 Å². The number of amides is 1.